The van der Waals surface area contributed by atoms with Crippen LogP contribution in [0.1, 0.15) is 46.5 Å². The first-order valence-corrected chi connectivity index (χ1v) is 9.79. The highest BCUT2D eigenvalue weighted by Crippen LogP contribution is 2.42. The Morgan fingerprint density at radius 2 is 1.81 bits per heavy atom. The van der Waals surface area contributed by atoms with E-state index in [-0.39, 0.29) is 22.4 Å². The van der Waals surface area contributed by atoms with Crippen LogP contribution in [0.5, 0.6) is 0 Å². The lowest BCUT2D eigenvalue weighted by molar-refractivity contribution is -0.132. The summed E-state index contributed by atoms with van der Waals surface area (Å²) in [7, 11) is 0. The molecule has 2 atom stereocenters. The van der Waals surface area contributed by atoms with Gasteiger partial charge in [0.05, 0.1) is 6.54 Å². The summed E-state index contributed by atoms with van der Waals surface area (Å²) < 4.78 is 13.4. The average Bonchev–Trinajstić information content (AvgIpc) is 2.49. The van der Waals surface area contributed by atoms with E-state index in [4.69, 9.17) is 11.6 Å². The maximum Gasteiger partial charge on any atom is 0.234 e. The summed E-state index contributed by atoms with van der Waals surface area (Å²) in [6.45, 7) is 6.35. The van der Waals surface area contributed by atoms with Crippen molar-refractivity contribution in [1.29, 1.82) is 0 Å². The molecule has 2 unspecified atom stereocenters. The normalized spacial score (nSPS) is 24.9. The number of piperidine rings is 1. The van der Waals surface area contributed by atoms with Gasteiger partial charge in [0.2, 0.25) is 11.8 Å². The Balaban J connectivity index is 1.47. The van der Waals surface area contributed by atoms with Crippen molar-refractivity contribution in [1.82, 2.24) is 10.2 Å². The smallest absolute Gasteiger partial charge is 0.234 e. The highest BCUT2D eigenvalue weighted by molar-refractivity contribution is 6.30. The largest absolute Gasteiger partial charge is 0.350 e. The molecule has 1 saturated carbocycles. The summed E-state index contributed by atoms with van der Waals surface area (Å²) in [6.07, 6.45) is 3.33. The first kappa shape index (κ1) is 20.1. The maximum atomic E-state index is 13.4. The molecule has 2 saturated heterocycles. The van der Waals surface area contributed by atoms with Gasteiger partial charge in [0.15, 0.2) is 0 Å². The minimum absolute atomic E-state index is 0.0522. The van der Waals surface area contributed by atoms with Crippen LogP contribution < -0.4 is 10.6 Å². The summed E-state index contributed by atoms with van der Waals surface area (Å²) in [5.74, 6) is -0.253. The van der Waals surface area contributed by atoms with Gasteiger partial charge in [0.25, 0.3) is 0 Å². The first-order valence-electron chi connectivity index (χ1n) is 9.42. The first-order chi connectivity index (χ1) is 12.6. The number of rotatable bonds is 5. The predicted molar refractivity (Wildman–Crippen MR) is 104 cm³/mol. The van der Waals surface area contributed by atoms with Crippen LogP contribution in [-0.4, -0.2) is 40.9 Å². The molecule has 7 heteroatoms. The third-order valence-corrected chi connectivity index (χ3v) is 5.37. The molecule has 0 spiro atoms. The molecule has 3 aliphatic rings. The number of halogens is 2. The molecule has 5 nitrogen and oxygen atoms in total. The number of benzene rings is 1. The molecule has 1 aromatic rings. The number of hydrogen-bond acceptors (Lipinski definition) is 3. The molecule has 3 fully saturated rings. The number of anilines is 1. The fraction of sp³-hybridized carbons (Fsp3) is 0.600. The SMILES string of the molecule is CC(C)(C)NC(=O)CN1C2CC(CC(=O)Nc3cc(F)cc(Cl)c3)CC1C2. The monoisotopic (exact) mass is 395 g/mol. The van der Waals surface area contributed by atoms with Gasteiger partial charge in [-0.2, -0.15) is 0 Å². The fourth-order valence-corrected chi connectivity index (χ4v) is 4.44. The second kappa shape index (κ2) is 7.76. The van der Waals surface area contributed by atoms with Crippen LogP contribution in [0.2, 0.25) is 5.02 Å². The number of hydrogen-bond donors (Lipinski definition) is 2. The van der Waals surface area contributed by atoms with Crippen molar-refractivity contribution in [3.8, 4) is 0 Å². The number of nitrogens with zero attached hydrogens (tertiary/aromatic N) is 1. The summed E-state index contributed by atoms with van der Waals surface area (Å²) in [6, 6.07) is 4.75. The van der Waals surface area contributed by atoms with E-state index >= 15 is 0 Å². The summed E-state index contributed by atoms with van der Waals surface area (Å²) in [4.78, 5) is 26.7. The fourth-order valence-electron chi connectivity index (χ4n) is 4.22. The van der Waals surface area contributed by atoms with Crippen LogP contribution in [0.25, 0.3) is 0 Å². The molecule has 2 heterocycles. The van der Waals surface area contributed by atoms with E-state index in [0.29, 0.717) is 36.7 Å². The van der Waals surface area contributed by atoms with Crippen molar-refractivity contribution in [2.24, 2.45) is 5.92 Å². The number of carbonyl (C=O) groups excluding carboxylic acids is 2. The van der Waals surface area contributed by atoms with Crippen molar-refractivity contribution >= 4 is 29.1 Å². The molecule has 1 aromatic carbocycles. The molecular weight excluding hydrogens is 369 g/mol. The third-order valence-electron chi connectivity index (χ3n) is 5.15. The van der Waals surface area contributed by atoms with Crippen LogP contribution in [0.3, 0.4) is 0 Å². The van der Waals surface area contributed by atoms with Crippen LogP contribution in [-0.2, 0) is 9.59 Å². The van der Waals surface area contributed by atoms with Gasteiger partial charge in [-0.05, 0) is 64.2 Å². The van der Waals surface area contributed by atoms with Gasteiger partial charge >= 0.3 is 0 Å². The van der Waals surface area contributed by atoms with Crippen molar-refractivity contribution in [3.05, 3.63) is 29.0 Å². The maximum absolute atomic E-state index is 13.4. The Bertz CT molecular complexity index is 702. The summed E-state index contributed by atoms with van der Waals surface area (Å²) in [5, 5.41) is 5.99. The number of amides is 2. The van der Waals surface area contributed by atoms with Gasteiger partial charge in [-0.3, -0.25) is 14.5 Å². The lowest BCUT2D eigenvalue weighted by atomic mass is 9.72. The van der Waals surface area contributed by atoms with Gasteiger partial charge in [0.1, 0.15) is 5.82 Å². The number of nitrogens with one attached hydrogen (secondary N) is 2. The van der Waals surface area contributed by atoms with Crippen LogP contribution in [0, 0.1) is 11.7 Å². The second-order valence-electron chi connectivity index (χ2n) is 8.76. The molecule has 2 amide bonds. The van der Waals surface area contributed by atoms with Gasteiger partial charge in [-0.25, -0.2) is 4.39 Å². The molecule has 27 heavy (non-hydrogen) atoms. The van der Waals surface area contributed by atoms with E-state index < -0.39 is 5.82 Å². The number of carbonyl (C=O) groups is 2. The Morgan fingerprint density at radius 1 is 1.15 bits per heavy atom. The minimum Gasteiger partial charge on any atom is -0.350 e. The van der Waals surface area contributed by atoms with E-state index in [9.17, 15) is 14.0 Å². The van der Waals surface area contributed by atoms with Crippen LogP contribution in [0.15, 0.2) is 18.2 Å². The van der Waals surface area contributed by atoms with Crippen molar-refractivity contribution < 1.29 is 14.0 Å². The zero-order chi connectivity index (χ0) is 19.8. The zero-order valence-corrected chi connectivity index (χ0v) is 16.8. The minimum atomic E-state index is -0.471. The van der Waals surface area contributed by atoms with Crippen molar-refractivity contribution in [2.75, 3.05) is 11.9 Å². The lowest BCUT2D eigenvalue weighted by Gasteiger charge is -2.55. The zero-order valence-electron chi connectivity index (χ0n) is 16.0. The van der Waals surface area contributed by atoms with E-state index in [1.54, 1.807) is 0 Å². The van der Waals surface area contributed by atoms with Crippen molar-refractivity contribution in [3.63, 3.8) is 0 Å². The van der Waals surface area contributed by atoms with Gasteiger partial charge in [-0.15, -0.1) is 0 Å². The molecule has 148 valence electrons. The summed E-state index contributed by atoms with van der Waals surface area (Å²) >= 11 is 5.82. The van der Waals surface area contributed by atoms with E-state index in [0.717, 1.165) is 19.3 Å². The van der Waals surface area contributed by atoms with E-state index in [1.807, 2.05) is 20.8 Å². The Morgan fingerprint density at radius 3 is 2.41 bits per heavy atom. The second-order valence-corrected chi connectivity index (χ2v) is 9.20. The molecule has 2 N–H and O–H groups in total. The standard InChI is InChI=1S/C20H27ClFN3O2/c1-20(2,3)24-19(27)11-25-16-4-12(5-17(25)10-16)6-18(26)23-15-8-13(21)7-14(22)9-15/h7-9,12,16-17H,4-6,10-11H2,1-3H3,(H,23,26)(H,24,27). The number of fused-ring (bicyclic) bond motifs is 2. The quantitative estimate of drug-likeness (QED) is 0.801. The van der Waals surface area contributed by atoms with Crippen LogP contribution >= 0.6 is 11.6 Å². The third kappa shape index (κ3) is 5.42. The highest BCUT2D eigenvalue weighted by atomic mass is 35.5. The van der Waals surface area contributed by atoms with E-state index in [1.165, 1.54) is 18.2 Å². The molecule has 2 bridgehead atoms. The van der Waals surface area contributed by atoms with Crippen molar-refractivity contribution in [2.45, 2.75) is 64.1 Å². The molecule has 2 aliphatic heterocycles. The Kier molecular flexibility index (Phi) is 5.77. The molecule has 0 aromatic heterocycles. The highest BCUT2D eigenvalue weighted by Gasteiger charge is 2.46. The topological polar surface area (TPSA) is 61.4 Å². The molecule has 1 aliphatic carbocycles. The van der Waals surface area contributed by atoms with Gasteiger partial charge in [-0.1, -0.05) is 11.6 Å². The molecule has 4 rings (SSSR count). The van der Waals surface area contributed by atoms with Gasteiger partial charge in [0, 0.05) is 34.8 Å². The predicted octanol–water partition coefficient (Wildman–Crippen LogP) is 3.58. The summed E-state index contributed by atoms with van der Waals surface area (Å²) in [5.41, 5.74) is 0.156. The lowest BCUT2D eigenvalue weighted by Crippen LogP contribution is -2.63. The van der Waals surface area contributed by atoms with Crippen LogP contribution in [0.4, 0.5) is 10.1 Å². The average molecular weight is 396 g/mol. The molecule has 0 radical (unpaired) electrons. The molecular formula is C20H27ClFN3O2. The Hall–Kier alpha value is -1.66. The van der Waals surface area contributed by atoms with E-state index in [2.05, 4.69) is 15.5 Å². The van der Waals surface area contributed by atoms with Gasteiger partial charge < -0.3 is 10.6 Å². The Labute approximate surface area is 164 Å².